The molecule has 0 aromatic carbocycles. The highest BCUT2D eigenvalue weighted by atomic mass is 16.5. The first kappa shape index (κ1) is 13.3. The Morgan fingerprint density at radius 2 is 2.15 bits per heavy atom. The van der Waals surface area contributed by atoms with E-state index in [9.17, 15) is 0 Å². The quantitative estimate of drug-likeness (QED) is 0.880. The number of hydrogen-bond donors (Lipinski definition) is 1. The number of ether oxygens (including phenoxy) is 1. The summed E-state index contributed by atoms with van der Waals surface area (Å²) in [5.74, 6) is 1.65. The van der Waals surface area contributed by atoms with Crippen molar-refractivity contribution in [2.45, 2.75) is 19.9 Å². The van der Waals surface area contributed by atoms with E-state index in [1.54, 1.807) is 6.20 Å². The first-order valence-corrected chi connectivity index (χ1v) is 6.97. The minimum absolute atomic E-state index is 0.295. The Labute approximate surface area is 118 Å². The van der Waals surface area contributed by atoms with Crippen LogP contribution in [0.15, 0.2) is 12.4 Å². The van der Waals surface area contributed by atoms with Gasteiger partial charge in [0, 0.05) is 38.1 Å². The summed E-state index contributed by atoms with van der Waals surface area (Å²) >= 11 is 0. The molecule has 3 rings (SSSR count). The fourth-order valence-electron chi connectivity index (χ4n) is 2.49. The van der Waals surface area contributed by atoms with E-state index in [0.29, 0.717) is 6.04 Å². The van der Waals surface area contributed by atoms with E-state index in [4.69, 9.17) is 4.74 Å². The van der Waals surface area contributed by atoms with Gasteiger partial charge in [-0.05, 0) is 13.8 Å². The van der Waals surface area contributed by atoms with Crippen LogP contribution in [0.4, 0.5) is 5.82 Å². The van der Waals surface area contributed by atoms with Gasteiger partial charge in [-0.3, -0.25) is 9.30 Å². The predicted molar refractivity (Wildman–Crippen MR) is 75.9 cm³/mol. The van der Waals surface area contributed by atoms with E-state index < -0.39 is 0 Å². The van der Waals surface area contributed by atoms with Crippen LogP contribution in [0.2, 0.25) is 0 Å². The van der Waals surface area contributed by atoms with Gasteiger partial charge in [-0.2, -0.15) is 0 Å². The summed E-state index contributed by atoms with van der Waals surface area (Å²) in [5, 5.41) is 11.7. The Kier molecular flexibility index (Phi) is 3.79. The van der Waals surface area contributed by atoms with E-state index in [1.807, 2.05) is 17.5 Å². The van der Waals surface area contributed by atoms with Crippen LogP contribution in [0.25, 0.3) is 5.65 Å². The number of morpholine rings is 1. The molecule has 0 amide bonds. The van der Waals surface area contributed by atoms with Crippen molar-refractivity contribution in [3.05, 3.63) is 18.2 Å². The van der Waals surface area contributed by atoms with Gasteiger partial charge in [-0.25, -0.2) is 4.98 Å². The number of anilines is 1. The number of hydrogen-bond acceptors (Lipinski definition) is 6. The lowest BCUT2D eigenvalue weighted by atomic mass is 10.3. The Bertz CT molecular complexity index is 577. The molecule has 108 valence electrons. The molecule has 20 heavy (non-hydrogen) atoms. The monoisotopic (exact) mass is 276 g/mol. The molecule has 1 saturated heterocycles. The van der Waals surface area contributed by atoms with Crippen molar-refractivity contribution in [3.8, 4) is 0 Å². The van der Waals surface area contributed by atoms with Gasteiger partial charge in [-0.1, -0.05) is 0 Å². The van der Waals surface area contributed by atoms with Crippen LogP contribution in [0.3, 0.4) is 0 Å². The van der Waals surface area contributed by atoms with Crippen LogP contribution in [0, 0.1) is 6.92 Å². The van der Waals surface area contributed by atoms with Crippen molar-refractivity contribution >= 4 is 11.5 Å². The third-order valence-corrected chi connectivity index (χ3v) is 3.52. The first-order valence-electron chi connectivity index (χ1n) is 6.97. The maximum atomic E-state index is 5.36. The topological polar surface area (TPSA) is 67.6 Å². The maximum Gasteiger partial charge on any atom is 0.203 e. The van der Waals surface area contributed by atoms with E-state index in [-0.39, 0.29) is 0 Å². The number of aromatic nitrogens is 4. The zero-order chi connectivity index (χ0) is 13.9. The molecule has 0 saturated carbocycles. The summed E-state index contributed by atoms with van der Waals surface area (Å²) < 4.78 is 7.31. The average molecular weight is 276 g/mol. The molecule has 0 spiro atoms. The molecular formula is C13H20N6O. The normalized spacial score (nSPS) is 18.3. The Hall–Kier alpha value is -1.73. The standard InChI is InChI=1S/C13H20N6O/c1-10(9-18-5-7-20-8-6-18)15-12-13-17-16-11(2)19(13)4-3-14-12/h3-4,10H,5-9H2,1-2H3,(H,14,15). The fourth-order valence-corrected chi connectivity index (χ4v) is 2.49. The zero-order valence-corrected chi connectivity index (χ0v) is 11.9. The van der Waals surface area contributed by atoms with E-state index >= 15 is 0 Å². The van der Waals surface area contributed by atoms with Crippen molar-refractivity contribution in [3.63, 3.8) is 0 Å². The van der Waals surface area contributed by atoms with Crippen LogP contribution < -0.4 is 5.32 Å². The molecule has 2 aromatic rings. The molecule has 1 N–H and O–H groups in total. The van der Waals surface area contributed by atoms with Gasteiger partial charge in [0.2, 0.25) is 5.65 Å². The van der Waals surface area contributed by atoms with Crippen molar-refractivity contribution < 1.29 is 4.74 Å². The molecule has 1 fully saturated rings. The van der Waals surface area contributed by atoms with E-state index in [0.717, 1.165) is 50.1 Å². The van der Waals surface area contributed by atoms with Crippen LogP contribution in [-0.2, 0) is 4.74 Å². The molecule has 7 nitrogen and oxygen atoms in total. The van der Waals surface area contributed by atoms with Crippen LogP contribution in [-0.4, -0.2) is 63.4 Å². The molecule has 1 atom stereocenters. The Morgan fingerprint density at radius 3 is 2.95 bits per heavy atom. The van der Waals surface area contributed by atoms with Gasteiger partial charge in [0.15, 0.2) is 5.82 Å². The van der Waals surface area contributed by atoms with Gasteiger partial charge in [0.05, 0.1) is 13.2 Å². The average Bonchev–Trinajstić information content (AvgIpc) is 2.83. The summed E-state index contributed by atoms with van der Waals surface area (Å²) in [4.78, 5) is 6.77. The number of nitrogens with zero attached hydrogens (tertiary/aromatic N) is 5. The molecule has 1 aliphatic heterocycles. The number of aryl methyl sites for hydroxylation is 1. The third-order valence-electron chi connectivity index (χ3n) is 3.52. The highest BCUT2D eigenvalue weighted by molar-refractivity contribution is 5.62. The third kappa shape index (κ3) is 2.73. The van der Waals surface area contributed by atoms with Gasteiger partial charge < -0.3 is 10.1 Å². The summed E-state index contributed by atoms with van der Waals surface area (Å²) in [6, 6.07) is 0.295. The lowest BCUT2D eigenvalue weighted by molar-refractivity contribution is 0.0368. The van der Waals surface area contributed by atoms with Gasteiger partial charge in [0.1, 0.15) is 5.82 Å². The second kappa shape index (κ2) is 5.72. The molecule has 7 heteroatoms. The predicted octanol–water partition coefficient (Wildman–Crippen LogP) is 0.565. The SMILES string of the molecule is Cc1nnc2c(NC(C)CN3CCOCC3)nccn12. The summed E-state index contributed by atoms with van der Waals surface area (Å²) in [7, 11) is 0. The number of nitrogens with one attached hydrogen (secondary N) is 1. The van der Waals surface area contributed by atoms with Crippen LogP contribution in [0.5, 0.6) is 0 Å². The summed E-state index contributed by atoms with van der Waals surface area (Å²) in [6.07, 6.45) is 3.65. The largest absolute Gasteiger partial charge is 0.379 e. The number of fused-ring (bicyclic) bond motifs is 1. The van der Waals surface area contributed by atoms with Crippen molar-refractivity contribution in [1.29, 1.82) is 0 Å². The molecule has 1 unspecified atom stereocenters. The van der Waals surface area contributed by atoms with Gasteiger partial charge in [0.25, 0.3) is 0 Å². The lowest BCUT2D eigenvalue weighted by Gasteiger charge is -2.29. The first-order chi connectivity index (χ1) is 9.74. The molecule has 3 heterocycles. The van der Waals surface area contributed by atoms with Crippen LogP contribution in [0.1, 0.15) is 12.7 Å². The molecule has 0 aliphatic carbocycles. The summed E-state index contributed by atoms with van der Waals surface area (Å²) in [6.45, 7) is 8.69. The molecular weight excluding hydrogens is 256 g/mol. The van der Waals surface area contributed by atoms with Gasteiger partial charge in [-0.15, -0.1) is 10.2 Å². The maximum absolute atomic E-state index is 5.36. The number of rotatable bonds is 4. The van der Waals surface area contributed by atoms with E-state index in [2.05, 4.69) is 32.3 Å². The second-order valence-electron chi connectivity index (χ2n) is 5.18. The molecule has 0 radical (unpaired) electrons. The van der Waals surface area contributed by atoms with Crippen molar-refractivity contribution in [1.82, 2.24) is 24.5 Å². The highest BCUT2D eigenvalue weighted by Gasteiger charge is 2.15. The van der Waals surface area contributed by atoms with Gasteiger partial charge >= 0.3 is 0 Å². The molecule has 0 bridgehead atoms. The highest BCUT2D eigenvalue weighted by Crippen LogP contribution is 2.13. The smallest absolute Gasteiger partial charge is 0.203 e. The summed E-state index contributed by atoms with van der Waals surface area (Å²) in [5.41, 5.74) is 0.777. The zero-order valence-electron chi connectivity index (χ0n) is 11.9. The van der Waals surface area contributed by atoms with E-state index in [1.165, 1.54) is 0 Å². The lowest BCUT2D eigenvalue weighted by Crippen LogP contribution is -2.42. The minimum atomic E-state index is 0.295. The Balaban J connectivity index is 1.69. The minimum Gasteiger partial charge on any atom is -0.379 e. The van der Waals surface area contributed by atoms with Crippen molar-refractivity contribution in [2.24, 2.45) is 0 Å². The molecule has 1 aliphatic rings. The van der Waals surface area contributed by atoms with Crippen LogP contribution >= 0.6 is 0 Å². The Morgan fingerprint density at radius 1 is 1.35 bits per heavy atom. The fraction of sp³-hybridized carbons (Fsp3) is 0.615. The molecule has 2 aromatic heterocycles. The van der Waals surface area contributed by atoms with Crippen molar-refractivity contribution in [2.75, 3.05) is 38.2 Å². The second-order valence-corrected chi connectivity index (χ2v) is 5.18.